The first-order valence-electron chi connectivity index (χ1n) is 9.44. The smallest absolute Gasteiger partial charge is 0.191 e. The first kappa shape index (κ1) is 22.7. The second-order valence-electron chi connectivity index (χ2n) is 6.72. The molecule has 0 fully saturated rings. The van der Waals surface area contributed by atoms with Crippen molar-refractivity contribution in [2.24, 2.45) is 4.99 Å². The predicted molar refractivity (Wildman–Crippen MR) is 114 cm³/mol. The van der Waals surface area contributed by atoms with Gasteiger partial charge in [0, 0.05) is 12.8 Å². The maximum absolute atomic E-state index is 13.6. The van der Waals surface area contributed by atoms with Crippen molar-refractivity contribution in [2.75, 3.05) is 26.0 Å². The topological polar surface area (TPSA) is 79.8 Å². The monoisotopic (exact) mass is 421 g/mol. The number of rotatable bonds is 9. The van der Waals surface area contributed by atoms with Crippen molar-refractivity contribution in [2.45, 2.75) is 26.1 Å². The van der Waals surface area contributed by atoms with Crippen LogP contribution in [0.1, 0.15) is 23.6 Å². The summed E-state index contributed by atoms with van der Waals surface area (Å²) in [7, 11) is -3.23. The van der Waals surface area contributed by atoms with Gasteiger partial charge in [-0.25, -0.2) is 17.8 Å². The molecule has 0 radical (unpaired) electrons. The van der Waals surface area contributed by atoms with Gasteiger partial charge >= 0.3 is 0 Å². The fourth-order valence-corrected chi connectivity index (χ4v) is 3.57. The zero-order chi connectivity index (χ0) is 21.3. The van der Waals surface area contributed by atoms with Crippen molar-refractivity contribution in [3.63, 3.8) is 0 Å². The summed E-state index contributed by atoms with van der Waals surface area (Å²) >= 11 is 0. The Labute approximate surface area is 172 Å². The third-order valence-electron chi connectivity index (χ3n) is 4.08. The summed E-state index contributed by atoms with van der Waals surface area (Å²) in [6.45, 7) is 5.73. The molecule has 0 aliphatic heterocycles. The molecule has 0 aromatic heterocycles. The van der Waals surface area contributed by atoms with Gasteiger partial charge in [-0.05, 0) is 48.7 Å². The third-order valence-corrected chi connectivity index (χ3v) is 4.92. The molecule has 0 unspecified atom stereocenters. The average Bonchev–Trinajstić information content (AvgIpc) is 2.65. The first-order valence-corrected chi connectivity index (χ1v) is 11.5. The lowest BCUT2D eigenvalue weighted by atomic mass is 10.1. The molecule has 2 aromatic rings. The van der Waals surface area contributed by atoms with Crippen molar-refractivity contribution < 1.29 is 17.5 Å². The van der Waals surface area contributed by atoms with Gasteiger partial charge < -0.3 is 15.4 Å². The number of aliphatic imine (C=N–C) groups is 1. The van der Waals surface area contributed by atoms with E-state index in [4.69, 9.17) is 4.74 Å². The van der Waals surface area contributed by atoms with Gasteiger partial charge in [-0.15, -0.1) is 0 Å². The van der Waals surface area contributed by atoms with Gasteiger partial charge in [0.1, 0.15) is 18.2 Å². The average molecular weight is 422 g/mol. The van der Waals surface area contributed by atoms with E-state index in [2.05, 4.69) is 15.6 Å². The maximum atomic E-state index is 13.6. The summed E-state index contributed by atoms with van der Waals surface area (Å²) in [6, 6.07) is 11.9. The number of hydrogen-bond acceptors (Lipinski definition) is 4. The van der Waals surface area contributed by atoms with Crippen LogP contribution in [0.25, 0.3) is 0 Å². The molecule has 2 aromatic carbocycles. The molecule has 0 bridgehead atoms. The molecule has 2 rings (SSSR count). The normalized spacial score (nSPS) is 11.9. The number of ether oxygens (including phenoxy) is 1. The first-order chi connectivity index (χ1) is 13.8. The molecule has 0 saturated carbocycles. The van der Waals surface area contributed by atoms with Crippen LogP contribution in [0, 0.1) is 12.7 Å². The Balaban J connectivity index is 2.00. The molecule has 29 heavy (non-hydrogen) atoms. The highest BCUT2D eigenvalue weighted by Crippen LogP contribution is 2.16. The molecule has 0 heterocycles. The molecule has 0 atom stereocenters. The van der Waals surface area contributed by atoms with Gasteiger partial charge in [0.05, 0.1) is 18.8 Å². The van der Waals surface area contributed by atoms with Crippen LogP contribution in [-0.4, -0.2) is 40.3 Å². The lowest BCUT2D eigenvalue weighted by Crippen LogP contribution is -2.39. The van der Waals surface area contributed by atoms with E-state index in [-0.39, 0.29) is 12.3 Å². The molecule has 158 valence electrons. The van der Waals surface area contributed by atoms with Gasteiger partial charge in [0.25, 0.3) is 0 Å². The lowest BCUT2D eigenvalue weighted by Gasteiger charge is -2.13. The number of sulfone groups is 1. The number of aryl methyl sites for hydroxylation is 1. The van der Waals surface area contributed by atoms with Gasteiger partial charge in [-0.2, -0.15) is 0 Å². The zero-order valence-corrected chi connectivity index (χ0v) is 17.9. The van der Waals surface area contributed by atoms with Crippen molar-refractivity contribution in [1.82, 2.24) is 10.6 Å². The molecule has 0 spiro atoms. The highest BCUT2D eigenvalue weighted by atomic mass is 32.2. The minimum atomic E-state index is -3.23. The summed E-state index contributed by atoms with van der Waals surface area (Å²) in [6.07, 6.45) is 1.16. The van der Waals surface area contributed by atoms with Crippen LogP contribution in [0.15, 0.2) is 47.5 Å². The molecule has 0 saturated heterocycles. The molecular formula is C21H28FN3O3S. The lowest BCUT2D eigenvalue weighted by molar-refractivity contribution is 0.320. The molecule has 2 N–H and O–H groups in total. The second kappa shape index (κ2) is 10.8. The molecule has 0 aliphatic carbocycles. The Bertz CT molecular complexity index is 946. The molecule has 0 aliphatic rings. The molecule has 8 heteroatoms. The number of halogens is 1. The Morgan fingerprint density at radius 3 is 2.59 bits per heavy atom. The molecule has 6 nitrogen and oxygen atoms in total. The maximum Gasteiger partial charge on any atom is 0.191 e. The van der Waals surface area contributed by atoms with Gasteiger partial charge in [-0.1, -0.05) is 24.3 Å². The zero-order valence-electron chi connectivity index (χ0n) is 17.0. The second-order valence-corrected chi connectivity index (χ2v) is 8.86. The van der Waals surface area contributed by atoms with Crippen LogP contribution in [-0.2, 0) is 22.1 Å². The van der Waals surface area contributed by atoms with Crippen molar-refractivity contribution in [3.05, 3.63) is 65.0 Å². The van der Waals surface area contributed by atoms with Gasteiger partial charge in [-0.3, -0.25) is 0 Å². The Morgan fingerprint density at radius 1 is 1.14 bits per heavy atom. The van der Waals surface area contributed by atoms with Crippen LogP contribution >= 0.6 is 0 Å². The molecular weight excluding hydrogens is 393 g/mol. The van der Waals surface area contributed by atoms with E-state index in [1.54, 1.807) is 0 Å². The highest BCUT2D eigenvalue weighted by Gasteiger charge is 2.11. The van der Waals surface area contributed by atoms with E-state index < -0.39 is 15.7 Å². The minimum absolute atomic E-state index is 0.146. The Kier molecular flexibility index (Phi) is 8.45. The van der Waals surface area contributed by atoms with Crippen LogP contribution in [0.4, 0.5) is 4.39 Å². The summed E-state index contributed by atoms with van der Waals surface area (Å²) in [5.41, 5.74) is 2.16. The number of guanidine groups is 1. The summed E-state index contributed by atoms with van der Waals surface area (Å²) in [5.74, 6) is 0.820. The standard InChI is InChI=1S/C21H28FN3O3S/c1-4-23-21(24-11-12-28-20-8-6-5-7-16(20)2)25-14-18-13-19(22)10-9-17(18)15-29(3,26)27/h5-10,13H,4,11-12,14-15H2,1-3H3,(H2,23,24,25). The van der Waals surface area contributed by atoms with E-state index in [0.717, 1.165) is 17.6 Å². The Hall–Kier alpha value is -2.61. The predicted octanol–water partition coefficient (Wildman–Crippen LogP) is 2.81. The van der Waals surface area contributed by atoms with Crippen molar-refractivity contribution in [3.8, 4) is 5.75 Å². The van der Waals surface area contributed by atoms with Crippen LogP contribution < -0.4 is 15.4 Å². The minimum Gasteiger partial charge on any atom is -0.491 e. The summed E-state index contributed by atoms with van der Waals surface area (Å²) < 4.78 is 42.7. The third kappa shape index (κ3) is 8.11. The summed E-state index contributed by atoms with van der Waals surface area (Å²) in [5, 5.41) is 6.28. The van der Waals surface area contributed by atoms with E-state index in [1.807, 2.05) is 38.1 Å². The van der Waals surface area contributed by atoms with E-state index in [0.29, 0.717) is 36.8 Å². The quantitative estimate of drug-likeness (QED) is 0.370. The van der Waals surface area contributed by atoms with Crippen molar-refractivity contribution >= 4 is 15.8 Å². The van der Waals surface area contributed by atoms with Crippen LogP contribution in [0.5, 0.6) is 5.75 Å². The fourth-order valence-electron chi connectivity index (χ4n) is 2.72. The Morgan fingerprint density at radius 2 is 1.90 bits per heavy atom. The SMILES string of the molecule is CCNC(=NCc1cc(F)ccc1CS(C)(=O)=O)NCCOc1ccccc1C. The van der Waals surface area contributed by atoms with Crippen LogP contribution in [0.3, 0.4) is 0 Å². The molecule has 0 amide bonds. The number of nitrogens with one attached hydrogen (secondary N) is 2. The van der Waals surface area contributed by atoms with Crippen molar-refractivity contribution in [1.29, 1.82) is 0 Å². The highest BCUT2D eigenvalue weighted by molar-refractivity contribution is 7.89. The van der Waals surface area contributed by atoms with Crippen LogP contribution in [0.2, 0.25) is 0 Å². The number of nitrogens with zero attached hydrogens (tertiary/aromatic N) is 1. The van der Waals surface area contributed by atoms with Gasteiger partial charge in [0.2, 0.25) is 0 Å². The number of benzene rings is 2. The summed E-state index contributed by atoms with van der Waals surface area (Å²) in [4.78, 5) is 4.45. The fraction of sp³-hybridized carbons (Fsp3) is 0.381. The number of hydrogen-bond donors (Lipinski definition) is 2. The van der Waals surface area contributed by atoms with E-state index in [1.165, 1.54) is 18.2 Å². The largest absolute Gasteiger partial charge is 0.491 e. The van der Waals surface area contributed by atoms with E-state index in [9.17, 15) is 12.8 Å². The number of para-hydroxylation sites is 1. The van der Waals surface area contributed by atoms with Gasteiger partial charge in [0.15, 0.2) is 15.8 Å². The van der Waals surface area contributed by atoms with E-state index >= 15 is 0 Å².